The molecule has 1 amide bonds. The van der Waals surface area contributed by atoms with Crippen molar-refractivity contribution < 1.29 is 9.72 Å². The highest BCUT2D eigenvalue weighted by atomic mass is 127. The molecule has 7 heteroatoms. The van der Waals surface area contributed by atoms with E-state index >= 15 is 0 Å². The van der Waals surface area contributed by atoms with Crippen LogP contribution in [-0.2, 0) is 0 Å². The summed E-state index contributed by atoms with van der Waals surface area (Å²) in [6.07, 6.45) is 0. The standard InChI is InChI=1S/C14H10ClIN2O3/c1-8-6-9(2-5-13(8)18(20)21)14(19)17-12-4-3-10(15)7-11(12)16/h2-7H,1H3,(H,17,19). The minimum Gasteiger partial charge on any atom is -0.321 e. The highest BCUT2D eigenvalue weighted by Gasteiger charge is 2.14. The third-order valence-corrected chi connectivity index (χ3v) is 3.96. The molecule has 0 aliphatic rings. The van der Waals surface area contributed by atoms with Crippen LogP contribution in [0.5, 0.6) is 0 Å². The first-order valence-corrected chi connectivity index (χ1v) is 7.35. The summed E-state index contributed by atoms with van der Waals surface area (Å²) in [6.45, 7) is 1.60. The first-order chi connectivity index (χ1) is 9.88. The third-order valence-electron chi connectivity index (χ3n) is 2.84. The molecule has 108 valence electrons. The Bertz CT molecular complexity index is 734. The van der Waals surface area contributed by atoms with E-state index in [4.69, 9.17) is 11.6 Å². The molecule has 0 radical (unpaired) electrons. The summed E-state index contributed by atoms with van der Waals surface area (Å²) in [6, 6.07) is 9.38. The van der Waals surface area contributed by atoms with E-state index in [0.717, 1.165) is 3.57 Å². The van der Waals surface area contributed by atoms with Crippen LogP contribution in [0.1, 0.15) is 15.9 Å². The zero-order valence-corrected chi connectivity index (χ0v) is 13.8. The summed E-state index contributed by atoms with van der Waals surface area (Å²) >= 11 is 7.93. The van der Waals surface area contributed by atoms with E-state index in [0.29, 0.717) is 21.8 Å². The smallest absolute Gasteiger partial charge is 0.272 e. The van der Waals surface area contributed by atoms with E-state index in [1.165, 1.54) is 18.2 Å². The van der Waals surface area contributed by atoms with Gasteiger partial charge in [0.25, 0.3) is 11.6 Å². The largest absolute Gasteiger partial charge is 0.321 e. The monoisotopic (exact) mass is 416 g/mol. The maximum atomic E-state index is 12.2. The summed E-state index contributed by atoms with van der Waals surface area (Å²) in [4.78, 5) is 22.5. The number of anilines is 1. The molecule has 0 aliphatic heterocycles. The van der Waals surface area contributed by atoms with E-state index in [9.17, 15) is 14.9 Å². The maximum Gasteiger partial charge on any atom is 0.272 e. The van der Waals surface area contributed by atoms with Gasteiger partial charge in [0, 0.05) is 25.8 Å². The van der Waals surface area contributed by atoms with Crippen LogP contribution in [0.25, 0.3) is 0 Å². The van der Waals surface area contributed by atoms with Crippen LogP contribution in [0.2, 0.25) is 5.02 Å². The molecule has 0 aromatic heterocycles. The Hall–Kier alpha value is -1.67. The van der Waals surface area contributed by atoms with Gasteiger partial charge in [-0.3, -0.25) is 14.9 Å². The normalized spacial score (nSPS) is 10.2. The molecule has 2 aromatic rings. The van der Waals surface area contributed by atoms with Gasteiger partial charge in [-0.25, -0.2) is 0 Å². The number of aryl methyl sites for hydroxylation is 1. The molecule has 0 saturated carbocycles. The Balaban J connectivity index is 2.24. The summed E-state index contributed by atoms with van der Waals surface area (Å²) in [5.74, 6) is -0.326. The van der Waals surface area contributed by atoms with E-state index in [1.54, 1.807) is 25.1 Å². The first kappa shape index (κ1) is 15.7. The Morgan fingerprint density at radius 3 is 2.57 bits per heavy atom. The summed E-state index contributed by atoms with van der Waals surface area (Å²) in [5, 5.41) is 14.1. The number of nitro benzene ring substituents is 1. The van der Waals surface area contributed by atoms with Crippen molar-refractivity contribution in [2.45, 2.75) is 6.92 Å². The van der Waals surface area contributed by atoms with Crippen molar-refractivity contribution in [3.8, 4) is 0 Å². The number of nitrogens with one attached hydrogen (secondary N) is 1. The van der Waals surface area contributed by atoms with Crippen molar-refractivity contribution in [1.29, 1.82) is 0 Å². The van der Waals surface area contributed by atoms with Crippen molar-refractivity contribution in [2.75, 3.05) is 5.32 Å². The molecule has 0 fully saturated rings. The van der Waals surface area contributed by atoms with Crippen LogP contribution < -0.4 is 5.32 Å². The van der Waals surface area contributed by atoms with Gasteiger partial charge in [-0.1, -0.05) is 11.6 Å². The average molecular weight is 417 g/mol. The molecule has 0 saturated heterocycles. The summed E-state index contributed by atoms with van der Waals surface area (Å²) < 4.78 is 0.812. The number of nitro groups is 1. The van der Waals surface area contributed by atoms with Crippen molar-refractivity contribution in [1.82, 2.24) is 0 Å². The maximum absolute atomic E-state index is 12.2. The zero-order chi connectivity index (χ0) is 15.6. The van der Waals surface area contributed by atoms with Gasteiger partial charge in [-0.2, -0.15) is 0 Å². The number of halogens is 2. The summed E-state index contributed by atoms with van der Waals surface area (Å²) in [5.41, 5.74) is 1.44. The molecule has 5 nitrogen and oxygen atoms in total. The minimum absolute atomic E-state index is 0.00683. The Morgan fingerprint density at radius 1 is 1.29 bits per heavy atom. The van der Waals surface area contributed by atoms with Crippen LogP contribution in [0, 0.1) is 20.6 Å². The Morgan fingerprint density at radius 2 is 2.00 bits per heavy atom. The third kappa shape index (κ3) is 3.70. The second-order valence-corrected chi connectivity index (χ2v) is 5.94. The fraction of sp³-hybridized carbons (Fsp3) is 0.0714. The average Bonchev–Trinajstić information content (AvgIpc) is 2.41. The number of hydrogen-bond donors (Lipinski definition) is 1. The van der Waals surface area contributed by atoms with Crippen LogP contribution >= 0.6 is 34.2 Å². The SMILES string of the molecule is Cc1cc(C(=O)Nc2ccc(Cl)cc2I)ccc1[N+](=O)[O-]. The summed E-state index contributed by atoms with van der Waals surface area (Å²) in [7, 11) is 0. The number of rotatable bonds is 3. The van der Waals surface area contributed by atoms with Gasteiger partial charge in [0.1, 0.15) is 0 Å². The number of nitrogens with zero attached hydrogens (tertiary/aromatic N) is 1. The minimum atomic E-state index is -0.473. The fourth-order valence-electron chi connectivity index (χ4n) is 1.79. The molecule has 0 aliphatic carbocycles. The van der Waals surface area contributed by atoms with Crippen molar-refractivity contribution in [3.05, 3.63) is 66.2 Å². The predicted molar refractivity (Wildman–Crippen MR) is 90.0 cm³/mol. The second kappa shape index (κ2) is 6.40. The fourth-order valence-corrected chi connectivity index (χ4v) is 2.79. The molecule has 2 aromatic carbocycles. The van der Waals surface area contributed by atoms with Crippen LogP contribution in [0.15, 0.2) is 36.4 Å². The van der Waals surface area contributed by atoms with Crippen LogP contribution in [-0.4, -0.2) is 10.8 Å². The Labute approximate surface area is 139 Å². The number of carbonyl (C=O) groups is 1. The lowest BCUT2D eigenvalue weighted by Gasteiger charge is -2.08. The molecule has 0 atom stereocenters. The van der Waals surface area contributed by atoms with Gasteiger partial charge in [0.15, 0.2) is 0 Å². The highest BCUT2D eigenvalue weighted by Crippen LogP contribution is 2.24. The molecule has 0 spiro atoms. The number of amides is 1. The van der Waals surface area contributed by atoms with Crippen molar-refractivity contribution in [2.24, 2.45) is 0 Å². The van der Waals surface area contributed by atoms with E-state index in [2.05, 4.69) is 27.9 Å². The van der Waals surface area contributed by atoms with Gasteiger partial charge in [-0.05, 0) is 59.8 Å². The van der Waals surface area contributed by atoms with Gasteiger partial charge in [-0.15, -0.1) is 0 Å². The Kier molecular flexibility index (Phi) is 4.79. The number of carbonyl (C=O) groups excluding carboxylic acids is 1. The molecule has 1 N–H and O–H groups in total. The number of benzene rings is 2. The topological polar surface area (TPSA) is 72.2 Å². The highest BCUT2D eigenvalue weighted by molar-refractivity contribution is 14.1. The molecule has 2 rings (SSSR count). The molecule has 0 unspecified atom stereocenters. The molecule has 21 heavy (non-hydrogen) atoms. The second-order valence-electron chi connectivity index (χ2n) is 4.34. The van der Waals surface area contributed by atoms with Crippen LogP contribution in [0.3, 0.4) is 0 Å². The van der Waals surface area contributed by atoms with Gasteiger partial charge in [0.05, 0.1) is 10.6 Å². The van der Waals surface area contributed by atoms with E-state index in [-0.39, 0.29) is 11.6 Å². The molecular weight excluding hydrogens is 407 g/mol. The van der Waals surface area contributed by atoms with E-state index in [1.807, 2.05) is 0 Å². The lowest BCUT2D eigenvalue weighted by atomic mass is 10.1. The lowest BCUT2D eigenvalue weighted by Crippen LogP contribution is -2.13. The molecular formula is C14H10ClIN2O3. The van der Waals surface area contributed by atoms with Crippen LogP contribution in [0.4, 0.5) is 11.4 Å². The van der Waals surface area contributed by atoms with Gasteiger partial charge >= 0.3 is 0 Å². The predicted octanol–water partition coefficient (Wildman–Crippen LogP) is 4.41. The molecule has 0 bridgehead atoms. The molecule has 0 heterocycles. The van der Waals surface area contributed by atoms with Crippen molar-refractivity contribution in [3.63, 3.8) is 0 Å². The lowest BCUT2D eigenvalue weighted by molar-refractivity contribution is -0.385. The number of hydrogen-bond acceptors (Lipinski definition) is 3. The van der Waals surface area contributed by atoms with Crippen molar-refractivity contribution >= 4 is 51.5 Å². The first-order valence-electron chi connectivity index (χ1n) is 5.90. The van der Waals surface area contributed by atoms with E-state index < -0.39 is 4.92 Å². The van der Waals surface area contributed by atoms with Gasteiger partial charge in [0.2, 0.25) is 0 Å². The van der Waals surface area contributed by atoms with Gasteiger partial charge < -0.3 is 5.32 Å². The zero-order valence-electron chi connectivity index (χ0n) is 10.9. The quantitative estimate of drug-likeness (QED) is 0.457.